The van der Waals surface area contributed by atoms with E-state index in [1.54, 1.807) is 36.7 Å². The van der Waals surface area contributed by atoms with Crippen LogP contribution in [0, 0.1) is 11.6 Å². The highest BCUT2D eigenvalue weighted by molar-refractivity contribution is 7.88. The van der Waals surface area contributed by atoms with Crippen LogP contribution in [0.4, 0.5) is 8.78 Å². The van der Waals surface area contributed by atoms with Gasteiger partial charge in [0.2, 0.25) is 10.0 Å². The van der Waals surface area contributed by atoms with E-state index in [9.17, 15) is 22.0 Å². The highest BCUT2D eigenvalue weighted by atomic mass is 32.2. The Morgan fingerprint density at radius 3 is 2.53 bits per heavy atom. The number of nitrogens with one attached hydrogen (secondary N) is 2. The third-order valence-electron chi connectivity index (χ3n) is 6.03. The molecule has 2 aromatic carbocycles. The molecule has 8 nitrogen and oxygen atoms in total. The molecule has 1 aliphatic heterocycles. The van der Waals surface area contributed by atoms with Crippen LogP contribution in [-0.2, 0) is 26.9 Å². The Bertz CT molecular complexity index is 1580. The molecule has 0 aliphatic carbocycles. The van der Waals surface area contributed by atoms with Gasteiger partial charge in [0.15, 0.2) is 11.6 Å². The Kier molecular flexibility index (Phi) is 6.61. The molecule has 0 bridgehead atoms. The summed E-state index contributed by atoms with van der Waals surface area (Å²) in [7, 11) is -3.58. The first-order chi connectivity index (χ1) is 17.3. The third kappa shape index (κ3) is 5.03. The van der Waals surface area contributed by atoms with Crippen LogP contribution in [-0.4, -0.2) is 49.0 Å². The number of aromatic amines is 2. The highest BCUT2D eigenvalue weighted by Gasteiger charge is 2.25. The number of H-pyrrole nitrogens is 2. The van der Waals surface area contributed by atoms with E-state index in [0.29, 0.717) is 48.3 Å². The van der Waals surface area contributed by atoms with Crippen molar-refractivity contribution in [3.8, 4) is 11.5 Å². The van der Waals surface area contributed by atoms with E-state index >= 15 is 0 Å². The summed E-state index contributed by atoms with van der Waals surface area (Å²) in [5, 5.41) is 0.698. The van der Waals surface area contributed by atoms with Crippen molar-refractivity contribution in [3.05, 3.63) is 93.5 Å². The fourth-order valence-electron chi connectivity index (χ4n) is 4.24. The summed E-state index contributed by atoms with van der Waals surface area (Å²) in [5.74, 6) is -1.70. The van der Waals surface area contributed by atoms with Gasteiger partial charge >= 0.3 is 0 Å². The number of sulfonamides is 1. The van der Waals surface area contributed by atoms with E-state index in [1.165, 1.54) is 10.4 Å². The van der Waals surface area contributed by atoms with Gasteiger partial charge in [0.1, 0.15) is 17.1 Å². The maximum absolute atomic E-state index is 14.3. The lowest BCUT2D eigenvalue weighted by Gasteiger charge is -2.26. The van der Waals surface area contributed by atoms with Crippen molar-refractivity contribution in [2.45, 2.75) is 12.2 Å². The lowest BCUT2D eigenvalue weighted by molar-refractivity contribution is 0.0729. The quantitative estimate of drug-likeness (QED) is 0.391. The zero-order valence-electron chi connectivity index (χ0n) is 19.1. The standard InChI is InChI=1S/C25H23F2N3O5S/c26-19-2-4-23(21(27)13-19)35-22-3-1-16(15-36(32,33)30-7-9-34-10-8-30)11-17(22)12-18-14-29-24-20(18)5-6-28-25(24)31/h1-6,11,13-14,29H,7-10,12,15H2,(H,28,31). The van der Waals surface area contributed by atoms with Gasteiger partial charge in [-0.3, -0.25) is 4.79 Å². The minimum Gasteiger partial charge on any atom is -0.454 e. The molecule has 0 atom stereocenters. The van der Waals surface area contributed by atoms with Crippen molar-refractivity contribution in [2.24, 2.45) is 0 Å². The van der Waals surface area contributed by atoms with Crippen LogP contribution in [0.5, 0.6) is 11.5 Å². The molecule has 0 unspecified atom stereocenters. The van der Waals surface area contributed by atoms with Crippen molar-refractivity contribution in [1.82, 2.24) is 14.3 Å². The van der Waals surface area contributed by atoms with Gasteiger partial charge in [-0.05, 0) is 41.0 Å². The van der Waals surface area contributed by atoms with Crippen LogP contribution in [0.1, 0.15) is 16.7 Å². The SMILES string of the molecule is O=c1[nH]ccc2c(Cc3cc(CS(=O)(=O)N4CCOCC4)ccc3Oc3ccc(F)cc3F)c[nH]c12. The van der Waals surface area contributed by atoms with Gasteiger partial charge in [-0.25, -0.2) is 17.2 Å². The normalized spacial score (nSPS) is 14.8. The molecule has 2 N–H and O–H groups in total. The van der Waals surface area contributed by atoms with Gasteiger partial charge in [-0.2, -0.15) is 4.31 Å². The number of fused-ring (bicyclic) bond motifs is 1. The molecule has 5 rings (SSSR count). The Morgan fingerprint density at radius 2 is 1.75 bits per heavy atom. The number of rotatable bonds is 7. The molecule has 1 fully saturated rings. The molecule has 2 aromatic heterocycles. The number of nitrogens with zero attached hydrogens (tertiary/aromatic N) is 1. The molecule has 4 aromatic rings. The first kappa shape index (κ1) is 24.2. The van der Waals surface area contributed by atoms with Crippen LogP contribution in [0.15, 0.2) is 59.7 Å². The maximum atomic E-state index is 14.3. The van der Waals surface area contributed by atoms with Gasteiger partial charge < -0.3 is 19.4 Å². The van der Waals surface area contributed by atoms with Gasteiger partial charge in [0.05, 0.1) is 19.0 Å². The number of hydrogen-bond donors (Lipinski definition) is 2. The molecular weight excluding hydrogens is 492 g/mol. The molecule has 0 spiro atoms. The van der Waals surface area contributed by atoms with Gasteiger partial charge in [-0.15, -0.1) is 0 Å². The topological polar surface area (TPSA) is 104 Å². The van der Waals surface area contributed by atoms with Crippen LogP contribution >= 0.6 is 0 Å². The fraction of sp³-hybridized carbons (Fsp3) is 0.240. The van der Waals surface area contributed by atoms with Gasteiger partial charge in [0.25, 0.3) is 5.56 Å². The summed E-state index contributed by atoms with van der Waals surface area (Å²) in [5.41, 5.74) is 2.02. The summed E-state index contributed by atoms with van der Waals surface area (Å²) in [4.78, 5) is 17.7. The van der Waals surface area contributed by atoms with E-state index in [-0.39, 0.29) is 29.2 Å². The lowest BCUT2D eigenvalue weighted by Crippen LogP contribution is -2.41. The number of halogens is 2. The second-order valence-corrected chi connectivity index (χ2v) is 10.4. The largest absolute Gasteiger partial charge is 0.454 e. The minimum absolute atomic E-state index is 0.165. The minimum atomic E-state index is -3.58. The van der Waals surface area contributed by atoms with Crippen molar-refractivity contribution in [2.75, 3.05) is 26.3 Å². The van der Waals surface area contributed by atoms with Crippen LogP contribution in [0.3, 0.4) is 0 Å². The number of pyridine rings is 1. The molecular formula is C25H23F2N3O5S. The monoisotopic (exact) mass is 515 g/mol. The molecule has 0 radical (unpaired) electrons. The number of morpholine rings is 1. The molecule has 36 heavy (non-hydrogen) atoms. The second-order valence-electron chi connectivity index (χ2n) is 8.47. The van der Waals surface area contributed by atoms with Crippen molar-refractivity contribution in [3.63, 3.8) is 0 Å². The zero-order valence-corrected chi connectivity index (χ0v) is 19.9. The predicted octanol–water partition coefficient (Wildman–Crippen LogP) is 3.68. The smallest absolute Gasteiger partial charge is 0.272 e. The summed E-state index contributed by atoms with van der Waals surface area (Å²) in [6.45, 7) is 1.29. The van der Waals surface area contributed by atoms with E-state index < -0.39 is 21.7 Å². The maximum Gasteiger partial charge on any atom is 0.272 e. The third-order valence-corrected chi connectivity index (χ3v) is 7.88. The van der Waals surface area contributed by atoms with Crippen LogP contribution in [0.25, 0.3) is 10.9 Å². The van der Waals surface area contributed by atoms with Gasteiger partial charge in [-0.1, -0.05) is 12.1 Å². The number of benzene rings is 2. The molecule has 1 saturated heterocycles. The average Bonchev–Trinajstić information content (AvgIpc) is 3.27. The Labute approximate surface area is 205 Å². The molecule has 0 amide bonds. The molecule has 1 aliphatic rings. The summed E-state index contributed by atoms with van der Waals surface area (Å²) >= 11 is 0. The number of hydrogen-bond acceptors (Lipinski definition) is 5. The van der Waals surface area contributed by atoms with E-state index in [0.717, 1.165) is 17.7 Å². The van der Waals surface area contributed by atoms with Crippen LogP contribution < -0.4 is 10.3 Å². The summed E-state index contributed by atoms with van der Waals surface area (Å²) in [6, 6.07) is 9.65. The number of ether oxygens (including phenoxy) is 2. The Hall–Kier alpha value is -3.54. The Balaban J connectivity index is 1.51. The number of aromatic nitrogens is 2. The van der Waals surface area contributed by atoms with E-state index in [4.69, 9.17) is 9.47 Å². The fourth-order valence-corrected chi connectivity index (χ4v) is 5.73. The average molecular weight is 516 g/mol. The first-order valence-corrected chi connectivity index (χ1v) is 12.9. The molecule has 188 valence electrons. The van der Waals surface area contributed by atoms with E-state index in [1.807, 2.05) is 0 Å². The molecule has 0 saturated carbocycles. The highest BCUT2D eigenvalue weighted by Crippen LogP contribution is 2.32. The second kappa shape index (κ2) is 9.84. The first-order valence-electron chi connectivity index (χ1n) is 11.3. The lowest BCUT2D eigenvalue weighted by atomic mass is 10.0. The van der Waals surface area contributed by atoms with Crippen molar-refractivity contribution in [1.29, 1.82) is 0 Å². The summed E-state index contributed by atoms with van der Waals surface area (Å²) < 4.78 is 66.0. The van der Waals surface area contributed by atoms with E-state index in [2.05, 4.69) is 9.97 Å². The molecule has 3 heterocycles. The predicted molar refractivity (Wildman–Crippen MR) is 130 cm³/mol. The molecule has 11 heteroatoms. The summed E-state index contributed by atoms with van der Waals surface area (Å²) in [6.07, 6.45) is 3.50. The van der Waals surface area contributed by atoms with Gasteiger partial charge in [0, 0.05) is 43.4 Å². The van der Waals surface area contributed by atoms with Crippen LogP contribution in [0.2, 0.25) is 0 Å². The Morgan fingerprint density at radius 1 is 0.972 bits per heavy atom. The van der Waals surface area contributed by atoms with Crippen molar-refractivity contribution >= 4 is 20.9 Å². The zero-order chi connectivity index (χ0) is 25.3. The van der Waals surface area contributed by atoms with Crippen molar-refractivity contribution < 1.29 is 26.7 Å².